The second kappa shape index (κ2) is 7.48. The number of nitrogens with zero attached hydrogens (tertiary/aromatic N) is 2. The number of rotatable bonds is 6. The molecule has 2 aromatic rings. The molecule has 1 atom stereocenters. The van der Waals surface area contributed by atoms with E-state index in [1.165, 1.54) is 0 Å². The minimum Gasteiger partial charge on any atom is -0.393 e. The maximum atomic E-state index is 12.5. The first-order valence-electron chi connectivity index (χ1n) is 9.37. The summed E-state index contributed by atoms with van der Waals surface area (Å²) >= 11 is 0. The van der Waals surface area contributed by atoms with Gasteiger partial charge in [-0.1, -0.05) is 24.3 Å². The highest BCUT2D eigenvalue weighted by molar-refractivity contribution is 5.98. The van der Waals surface area contributed by atoms with Gasteiger partial charge in [-0.15, -0.1) is 0 Å². The molecule has 2 N–H and O–H groups in total. The van der Waals surface area contributed by atoms with Crippen LogP contribution in [0.15, 0.2) is 48.7 Å². The summed E-state index contributed by atoms with van der Waals surface area (Å²) in [5.74, 6) is 0.0779. The van der Waals surface area contributed by atoms with Gasteiger partial charge in [0.1, 0.15) is 0 Å². The molecular weight excluding hydrogens is 342 g/mol. The van der Waals surface area contributed by atoms with E-state index in [9.17, 15) is 14.7 Å². The molecule has 1 aromatic heterocycles. The molecule has 2 aliphatic rings. The lowest BCUT2D eigenvalue weighted by Crippen LogP contribution is -2.42. The third kappa shape index (κ3) is 3.71. The van der Waals surface area contributed by atoms with Crippen molar-refractivity contribution in [2.45, 2.75) is 38.0 Å². The number of amides is 2. The third-order valence-electron chi connectivity index (χ3n) is 5.45. The molecule has 0 radical (unpaired) electrons. The van der Waals surface area contributed by atoms with E-state index in [4.69, 9.17) is 0 Å². The van der Waals surface area contributed by atoms with Crippen molar-refractivity contribution in [2.24, 2.45) is 5.92 Å². The first-order chi connectivity index (χ1) is 13.1. The monoisotopic (exact) mass is 365 g/mol. The Kier molecular flexibility index (Phi) is 4.90. The minimum atomic E-state index is -0.293. The van der Waals surface area contributed by atoms with Crippen molar-refractivity contribution in [1.29, 1.82) is 0 Å². The van der Waals surface area contributed by atoms with E-state index in [1.807, 2.05) is 42.5 Å². The lowest BCUT2D eigenvalue weighted by Gasteiger charge is -2.37. The van der Waals surface area contributed by atoms with Crippen LogP contribution < -0.4 is 5.32 Å². The molecular formula is C21H23N3O3. The predicted octanol–water partition coefficient (Wildman–Crippen LogP) is 2.06. The first kappa shape index (κ1) is 17.7. The van der Waals surface area contributed by atoms with Gasteiger partial charge in [0.05, 0.1) is 17.8 Å². The predicted molar refractivity (Wildman–Crippen MR) is 99.7 cm³/mol. The number of hydrogen-bond acceptors (Lipinski definition) is 4. The standard InChI is InChI=1S/C21H23N3O3/c25-16-11-15(12-16)20(18-7-3-4-9-22-18)23-19(26)8-10-24-13-14-5-1-2-6-17(14)21(24)27/h1-7,9,15-16,20,25H,8,10-13H2,(H,23,26)/t15?,16?,20-/m1/s1. The van der Waals surface area contributed by atoms with Crippen LogP contribution in [0.5, 0.6) is 0 Å². The third-order valence-corrected chi connectivity index (χ3v) is 5.45. The lowest BCUT2D eigenvalue weighted by molar-refractivity contribution is -0.123. The molecule has 1 aromatic carbocycles. The molecule has 1 saturated carbocycles. The molecule has 4 rings (SSSR count). The SMILES string of the molecule is O=C(CCN1Cc2ccccc2C1=O)N[C@@H](c1ccccn1)C1CC(O)C1. The van der Waals surface area contributed by atoms with Crippen LogP contribution in [-0.4, -0.2) is 39.5 Å². The molecule has 0 bridgehead atoms. The number of fused-ring (bicyclic) bond motifs is 1. The Bertz CT molecular complexity index is 834. The summed E-state index contributed by atoms with van der Waals surface area (Å²) in [5, 5.41) is 12.7. The molecule has 1 aliphatic heterocycles. The molecule has 1 fully saturated rings. The number of hydrogen-bond donors (Lipinski definition) is 2. The van der Waals surface area contributed by atoms with Crippen LogP contribution in [0.1, 0.15) is 46.9 Å². The highest BCUT2D eigenvalue weighted by Gasteiger charge is 2.36. The number of aromatic nitrogens is 1. The van der Waals surface area contributed by atoms with Crippen LogP contribution >= 0.6 is 0 Å². The summed E-state index contributed by atoms with van der Waals surface area (Å²) in [6.07, 6.45) is 3.00. The normalized spacial score (nSPS) is 22.1. The zero-order valence-electron chi connectivity index (χ0n) is 15.0. The van der Waals surface area contributed by atoms with E-state index in [0.29, 0.717) is 25.9 Å². The van der Waals surface area contributed by atoms with E-state index in [0.717, 1.165) is 16.8 Å². The van der Waals surface area contributed by atoms with E-state index < -0.39 is 0 Å². The van der Waals surface area contributed by atoms with Crippen LogP contribution in [-0.2, 0) is 11.3 Å². The Morgan fingerprint density at radius 1 is 1.22 bits per heavy atom. The molecule has 0 saturated heterocycles. The van der Waals surface area contributed by atoms with Gasteiger partial charge in [0, 0.05) is 31.3 Å². The van der Waals surface area contributed by atoms with Gasteiger partial charge in [0.2, 0.25) is 5.91 Å². The summed E-state index contributed by atoms with van der Waals surface area (Å²) < 4.78 is 0. The fourth-order valence-electron chi connectivity index (χ4n) is 3.87. The number of aliphatic hydroxyl groups is 1. The number of carbonyl (C=O) groups is 2. The second-order valence-corrected chi connectivity index (χ2v) is 7.32. The molecule has 2 amide bonds. The van der Waals surface area contributed by atoms with Crippen molar-refractivity contribution in [3.05, 3.63) is 65.5 Å². The minimum absolute atomic E-state index is 0.0122. The number of benzene rings is 1. The van der Waals surface area contributed by atoms with E-state index in [2.05, 4.69) is 10.3 Å². The zero-order valence-corrected chi connectivity index (χ0v) is 15.0. The average Bonchev–Trinajstić information content (AvgIpc) is 2.99. The number of aliphatic hydroxyl groups excluding tert-OH is 1. The Labute approximate surface area is 158 Å². The van der Waals surface area contributed by atoms with Crippen LogP contribution in [0.4, 0.5) is 0 Å². The Morgan fingerprint density at radius 2 is 2.00 bits per heavy atom. The topological polar surface area (TPSA) is 82.5 Å². The maximum Gasteiger partial charge on any atom is 0.254 e. The second-order valence-electron chi connectivity index (χ2n) is 7.32. The molecule has 27 heavy (non-hydrogen) atoms. The average molecular weight is 365 g/mol. The maximum absolute atomic E-state index is 12.5. The summed E-state index contributed by atoms with van der Waals surface area (Å²) in [7, 11) is 0. The van der Waals surface area contributed by atoms with Gasteiger partial charge in [0.25, 0.3) is 5.91 Å². The van der Waals surface area contributed by atoms with Crippen LogP contribution in [0.25, 0.3) is 0 Å². The Hall–Kier alpha value is -2.73. The van der Waals surface area contributed by atoms with Crippen molar-refractivity contribution in [3.8, 4) is 0 Å². The van der Waals surface area contributed by atoms with Gasteiger partial charge in [-0.25, -0.2) is 0 Å². The zero-order chi connectivity index (χ0) is 18.8. The van der Waals surface area contributed by atoms with Gasteiger partial charge < -0.3 is 15.3 Å². The smallest absolute Gasteiger partial charge is 0.254 e. The largest absolute Gasteiger partial charge is 0.393 e. The molecule has 1 aliphatic carbocycles. The van der Waals surface area contributed by atoms with Gasteiger partial charge in [-0.2, -0.15) is 0 Å². The van der Waals surface area contributed by atoms with E-state index in [-0.39, 0.29) is 36.3 Å². The first-order valence-corrected chi connectivity index (χ1v) is 9.37. The van der Waals surface area contributed by atoms with Crippen molar-refractivity contribution >= 4 is 11.8 Å². The fourth-order valence-corrected chi connectivity index (χ4v) is 3.87. The van der Waals surface area contributed by atoms with Crippen molar-refractivity contribution in [3.63, 3.8) is 0 Å². The van der Waals surface area contributed by atoms with Gasteiger partial charge >= 0.3 is 0 Å². The molecule has 0 spiro atoms. The van der Waals surface area contributed by atoms with E-state index in [1.54, 1.807) is 11.1 Å². The lowest BCUT2D eigenvalue weighted by atomic mass is 9.76. The quantitative estimate of drug-likeness (QED) is 0.821. The fraction of sp³-hybridized carbons (Fsp3) is 0.381. The molecule has 6 heteroatoms. The van der Waals surface area contributed by atoms with Gasteiger partial charge in [0.15, 0.2) is 0 Å². The van der Waals surface area contributed by atoms with Crippen molar-refractivity contribution < 1.29 is 14.7 Å². The number of carbonyl (C=O) groups excluding carboxylic acids is 2. The summed E-state index contributed by atoms with van der Waals surface area (Å²) in [6.45, 7) is 0.947. The summed E-state index contributed by atoms with van der Waals surface area (Å²) in [4.78, 5) is 31.1. The van der Waals surface area contributed by atoms with Crippen LogP contribution in [0, 0.1) is 5.92 Å². The van der Waals surface area contributed by atoms with Crippen molar-refractivity contribution in [1.82, 2.24) is 15.2 Å². The van der Waals surface area contributed by atoms with Crippen LogP contribution in [0.3, 0.4) is 0 Å². The van der Waals surface area contributed by atoms with Crippen molar-refractivity contribution in [2.75, 3.05) is 6.54 Å². The molecule has 140 valence electrons. The number of nitrogens with one attached hydrogen (secondary N) is 1. The van der Waals surface area contributed by atoms with Gasteiger partial charge in [-0.3, -0.25) is 14.6 Å². The summed E-state index contributed by atoms with van der Waals surface area (Å²) in [5.41, 5.74) is 2.55. The molecule has 2 heterocycles. The Balaban J connectivity index is 1.36. The molecule has 6 nitrogen and oxygen atoms in total. The van der Waals surface area contributed by atoms with Gasteiger partial charge in [-0.05, 0) is 42.5 Å². The highest BCUT2D eigenvalue weighted by atomic mass is 16.3. The van der Waals surface area contributed by atoms with E-state index >= 15 is 0 Å². The summed E-state index contributed by atoms with van der Waals surface area (Å²) in [6, 6.07) is 13.0. The van der Waals surface area contributed by atoms with Crippen LogP contribution in [0.2, 0.25) is 0 Å². The molecule has 0 unspecified atom stereocenters. The highest BCUT2D eigenvalue weighted by Crippen LogP contribution is 2.37. The Morgan fingerprint density at radius 3 is 2.70 bits per heavy atom. The number of pyridine rings is 1.